The van der Waals surface area contributed by atoms with Crippen LogP contribution in [0.5, 0.6) is 0 Å². The smallest absolute Gasteiger partial charge is 0.344 e. The fourth-order valence-corrected chi connectivity index (χ4v) is 5.51. The van der Waals surface area contributed by atoms with E-state index in [1.807, 2.05) is 7.05 Å². The average Bonchev–Trinajstić information content (AvgIpc) is 3.80. The van der Waals surface area contributed by atoms with Crippen LogP contribution < -0.4 is 10.3 Å². The summed E-state index contributed by atoms with van der Waals surface area (Å²) in [4.78, 5) is 31.3. The molecule has 1 saturated heterocycles. The van der Waals surface area contributed by atoms with Crippen molar-refractivity contribution in [2.24, 2.45) is 0 Å². The van der Waals surface area contributed by atoms with Crippen LogP contribution in [0.15, 0.2) is 59.4 Å². The number of anilines is 1. The molecule has 6 nitrogen and oxygen atoms in total. The van der Waals surface area contributed by atoms with Crippen LogP contribution in [0, 0.1) is 17.5 Å². The molecule has 0 N–H and O–H groups in total. The van der Waals surface area contributed by atoms with Crippen LogP contribution in [0.2, 0.25) is 5.02 Å². The standard InChI is InChI=1S/C31H27ClF3N3O3/c1-36-12-14-37(15-13-36)29-24(34)16-23-28(26(29)35)38(22-10-11-22)27(19-4-8-21(33)9-5-19)25(30(23)39)31(40)41-17-18-2-6-20(32)7-3-18/h2-9,16,22H,10-15,17H2,1H3. The molecule has 1 aliphatic heterocycles. The minimum Gasteiger partial charge on any atom is -0.457 e. The summed E-state index contributed by atoms with van der Waals surface area (Å²) in [5.41, 5.74) is -0.343. The van der Waals surface area contributed by atoms with Gasteiger partial charge < -0.3 is 19.1 Å². The van der Waals surface area contributed by atoms with Crippen LogP contribution in [-0.4, -0.2) is 48.7 Å². The minimum absolute atomic E-state index is 0.0681. The van der Waals surface area contributed by atoms with Crippen LogP contribution in [0.4, 0.5) is 18.9 Å². The summed E-state index contributed by atoms with van der Waals surface area (Å²) in [5, 5.41) is 0.273. The van der Waals surface area contributed by atoms with E-state index in [0.29, 0.717) is 55.2 Å². The maximum absolute atomic E-state index is 16.5. The van der Waals surface area contributed by atoms with Gasteiger partial charge in [0.25, 0.3) is 0 Å². The Balaban J connectivity index is 1.57. The lowest BCUT2D eigenvalue weighted by molar-refractivity contribution is 0.0471. The molecule has 1 saturated carbocycles. The summed E-state index contributed by atoms with van der Waals surface area (Å²) >= 11 is 5.95. The van der Waals surface area contributed by atoms with Gasteiger partial charge in [0.2, 0.25) is 5.43 Å². The lowest BCUT2D eigenvalue weighted by Gasteiger charge is -2.34. The molecule has 0 atom stereocenters. The minimum atomic E-state index is -0.940. The Hall–Kier alpha value is -3.82. The highest BCUT2D eigenvalue weighted by molar-refractivity contribution is 6.30. The van der Waals surface area contributed by atoms with E-state index in [-0.39, 0.29) is 40.5 Å². The maximum atomic E-state index is 16.5. The van der Waals surface area contributed by atoms with Crippen LogP contribution >= 0.6 is 11.6 Å². The number of benzene rings is 3. The second-order valence-corrected chi connectivity index (χ2v) is 11.0. The third-order valence-corrected chi connectivity index (χ3v) is 7.95. The van der Waals surface area contributed by atoms with Crippen molar-refractivity contribution in [1.29, 1.82) is 0 Å². The molecule has 2 heterocycles. The molecule has 6 rings (SSSR count). The van der Waals surface area contributed by atoms with Crippen molar-refractivity contribution in [2.75, 3.05) is 38.1 Å². The van der Waals surface area contributed by atoms with Crippen molar-refractivity contribution < 1.29 is 22.7 Å². The molecular weight excluding hydrogens is 555 g/mol. The van der Waals surface area contributed by atoms with Crippen molar-refractivity contribution in [1.82, 2.24) is 9.47 Å². The van der Waals surface area contributed by atoms with Crippen LogP contribution in [0.1, 0.15) is 34.8 Å². The molecule has 10 heteroatoms. The summed E-state index contributed by atoms with van der Waals surface area (Å²) in [6, 6.07) is 12.7. The highest BCUT2D eigenvalue weighted by Crippen LogP contribution is 2.44. The van der Waals surface area contributed by atoms with Gasteiger partial charge in [0, 0.05) is 37.2 Å². The lowest BCUT2D eigenvalue weighted by atomic mass is 10.00. The summed E-state index contributed by atoms with van der Waals surface area (Å²) < 4.78 is 53.1. The van der Waals surface area contributed by atoms with E-state index in [1.54, 1.807) is 33.7 Å². The number of rotatable bonds is 6. The molecule has 2 aliphatic rings. The van der Waals surface area contributed by atoms with E-state index < -0.39 is 28.8 Å². The molecule has 41 heavy (non-hydrogen) atoms. The molecule has 2 fully saturated rings. The fourth-order valence-electron chi connectivity index (χ4n) is 5.38. The number of hydrogen-bond acceptors (Lipinski definition) is 5. The number of aromatic nitrogens is 1. The monoisotopic (exact) mass is 581 g/mol. The van der Waals surface area contributed by atoms with Crippen LogP contribution in [0.3, 0.4) is 0 Å². The Morgan fingerprint density at radius 1 is 0.976 bits per heavy atom. The predicted octanol–water partition coefficient (Wildman–Crippen LogP) is 6.18. The Bertz CT molecular complexity index is 1700. The van der Waals surface area contributed by atoms with Gasteiger partial charge in [-0.05, 0) is 73.5 Å². The number of halogens is 4. The molecular formula is C31H27ClF3N3O3. The number of esters is 1. The van der Waals surface area contributed by atoms with Crippen molar-refractivity contribution in [2.45, 2.75) is 25.5 Å². The fraction of sp³-hybridized carbons (Fsp3) is 0.290. The first-order valence-corrected chi connectivity index (χ1v) is 13.8. The SMILES string of the molecule is CN1CCN(c2c(F)cc3c(=O)c(C(=O)OCc4ccc(Cl)cc4)c(-c4ccc(F)cc4)n(C4CC4)c3c2F)CC1. The number of ether oxygens (including phenoxy) is 1. The zero-order chi connectivity index (χ0) is 28.8. The second kappa shape index (κ2) is 10.9. The highest BCUT2D eigenvalue weighted by atomic mass is 35.5. The number of nitrogens with zero attached hydrogens (tertiary/aromatic N) is 3. The summed E-state index contributed by atoms with van der Waals surface area (Å²) in [5.74, 6) is -3.16. The Morgan fingerprint density at radius 2 is 1.63 bits per heavy atom. The number of fused-ring (bicyclic) bond motifs is 1. The molecule has 212 valence electrons. The second-order valence-electron chi connectivity index (χ2n) is 10.6. The van der Waals surface area contributed by atoms with E-state index in [4.69, 9.17) is 16.3 Å². The van der Waals surface area contributed by atoms with Crippen molar-refractivity contribution >= 4 is 34.2 Å². The molecule has 0 bridgehead atoms. The number of carbonyl (C=O) groups is 1. The quantitative estimate of drug-likeness (QED) is 0.255. The molecule has 0 unspecified atom stereocenters. The number of piperazine rings is 1. The molecule has 1 aliphatic carbocycles. The van der Waals surface area contributed by atoms with E-state index in [1.165, 1.54) is 24.3 Å². The third-order valence-electron chi connectivity index (χ3n) is 7.70. The van der Waals surface area contributed by atoms with Gasteiger partial charge in [-0.3, -0.25) is 4.79 Å². The summed E-state index contributed by atoms with van der Waals surface area (Å²) in [6.07, 6.45) is 1.35. The summed E-state index contributed by atoms with van der Waals surface area (Å²) in [6.45, 7) is 1.95. The first-order valence-electron chi connectivity index (χ1n) is 13.4. The zero-order valence-electron chi connectivity index (χ0n) is 22.3. The number of likely N-dealkylation sites (N-methyl/N-ethyl adjacent to an activating group) is 1. The average molecular weight is 582 g/mol. The van der Waals surface area contributed by atoms with E-state index >= 15 is 8.78 Å². The summed E-state index contributed by atoms with van der Waals surface area (Å²) in [7, 11) is 1.94. The normalized spacial score (nSPS) is 15.9. The van der Waals surface area contributed by atoms with Gasteiger partial charge in [0.15, 0.2) is 5.82 Å². The molecule has 1 aromatic heterocycles. The van der Waals surface area contributed by atoms with Gasteiger partial charge in [-0.2, -0.15) is 0 Å². The predicted molar refractivity (Wildman–Crippen MR) is 152 cm³/mol. The van der Waals surface area contributed by atoms with Gasteiger partial charge in [-0.25, -0.2) is 18.0 Å². The van der Waals surface area contributed by atoms with Gasteiger partial charge in [0.1, 0.15) is 29.5 Å². The maximum Gasteiger partial charge on any atom is 0.344 e. The van der Waals surface area contributed by atoms with Crippen molar-refractivity contribution in [3.8, 4) is 11.3 Å². The van der Waals surface area contributed by atoms with E-state index in [9.17, 15) is 14.0 Å². The molecule has 0 spiro atoms. The van der Waals surface area contributed by atoms with Gasteiger partial charge in [-0.15, -0.1) is 0 Å². The van der Waals surface area contributed by atoms with Gasteiger partial charge in [0.05, 0.1) is 16.6 Å². The highest BCUT2D eigenvalue weighted by Gasteiger charge is 2.35. The molecule has 0 amide bonds. The topological polar surface area (TPSA) is 54.8 Å². The molecule has 0 radical (unpaired) electrons. The van der Waals surface area contributed by atoms with Crippen molar-refractivity contribution in [3.63, 3.8) is 0 Å². The Labute approximate surface area is 239 Å². The third kappa shape index (κ3) is 5.20. The van der Waals surface area contributed by atoms with Gasteiger partial charge in [-0.1, -0.05) is 23.7 Å². The van der Waals surface area contributed by atoms with Crippen LogP contribution in [0.25, 0.3) is 22.2 Å². The number of hydrogen-bond donors (Lipinski definition) is 0. The Kier molecular flexibility index (Phi) is 7.25. The molecule has 4 aromatic rings. The van der Waals surface area contributed by atoms with Crippen molar-refractivity contribution in [3.05, 3.63) is 98.4 Å². The molecule has 3 aromatic carbocycles. The van der Waals surface area contributed by atoms with Crippen LogP contribution in [-0.2, 0) is 11.3 Å². The first kappa shape index (κ1) is 27.4. The first-order chi connectivity index (χ1) is 19.7. The van der Waals surface area contributed by atoms with E-state index in [2.05, 4.69) is 4.90 Å². The number of carbonyl (C=O) groups excluding carboxylic acids is 1. The zero-order valence-corrected chi connectivity index (χ0v) is 23.1. The van der Waals surface area contributed by atoms with Gasteiger partial charge >= 0.3 is 5.97 Å². The lowest BCUT2D eigenvalue weighted by Crippen LogP contribution is -2.45. The largest absolute Gasteiger partial charge is 0.457 e. The van der Waals surface area contributed by atoms with E-state index in [0.717, 1.165) is 6.07 Å². The Morgan fingerprint density at radius 3 is 2.27 bits per heavy atom. The number of pyridine rings is 1.